The lowest BCUT2D eigenvalue weighted by atomic mass is 10.00. The number of aliphatic hydroxyl groups excluding tert-OH is 1. The number of rotatable bonds is 4. The highest BCUT2D eigenvalue weighted by Gasteiger charge is 2.21. The first-order valence-corrected chi connectivity index (χ1v) is 8.20. The van der Waals surface area contributed by atoms with Crippen LogP contribution < -0.4 is 10.2 Å². The second-order valence-electron chi connectivity index (χ2n) is 6.84. The fourth-order valence-electron chi connectivity index (χ4n) is 2.82. The molecule has 1 amide bonds. The summed E-state index contributed by atoms with van der Waals surface area (Å²) in [6.45, 7) is 5.20. The van der Waals surface area contributed by atoms with Crippen molar-refractivity contribution in [1.29, 1.82) is 0 Å². The Bertz CT molecular complexity index is 726. The quantitative estimate of drug-likeness (QED) is 0.904. The molecule has 2 aromatic rings. The normalized spacial score (nSPS) is 14.2. The van der Waals surface area contributed by atoms with Crippen molar-refractivity contribution in [3.63, 3.8) is 0 Å². The average Bonchev–Trinajstić information content (AvgIpc) is 2.61. The molecule has 0 aliphatic carbocycles. The lowest BCUT2D eigenvalue weighted by molar-refractivity contribution is 0.0869. The first-order valence-electron chi connectivity index (χ1n) is 8.20. The van der Waals surface area contributed by atoms with Crippen LogP contribution in [0.5, 0.6) is 0 Å². The van der Waals surface area contributed by atoms with Gasteiger partial charge < -0.3 is 15.3 Å². The topological polar surface area (TPSA) is 65.5 Å². The van der Waals surface area contributed by atoms with E-state index in [1.807, 2.05) is 6.07 Å². The van der Waals surface area contributed by atoms with E-state index in [1.54, 1.807) is 26.1 Å². The Morgan fingerprint density at radius 2 is 2.00 bits per heavy atom. The molecule has 126 valence electrons. The highest BCUT2D eigenvalue weighted by atomic mass is 16.3. The van der Waals surface area contributed by atoms with Crippen LogP contribution in [0.2, 0.25) is 0 Å². The van der Waals surface area contributed by atoms with E-state index in [0.29, 0.717) is 5.56 Å². The van der Waals surface area contributed by atoms with Gasteiger partial charge in [0.05, 0.1) is 17.7 Å². The Balaban J connectivity index is 1.70. The van der Waals surface area contributed by atoms with E-state index >= 15 is 0 Å². The zero-order chi connectivity index (χ0) is 17.2. The first-order chi connectivity index (χ1) is 11.5. The van der Waals surface area contributed by atoms with Crippen LogP contribution in [-0.2, 0) is 13.0 Å². The molecule has 1 aliphatic heterocycles. The molecule has 0 spiro atoms. The molecule has 5 heteroatoms. The molecule has 1 aromatic heterocycles. The second-order valence-corrected chi connectivity index (χ2v) is 6.84. The predicted molar refractivity (Wildman–Crippen MR) is 94.1 cm³/mol. The molecule has 0 saturated carbocycles. The fraction of sp³-hybridized carbons (Fsp3) is 0.368. The van der Waals surface area contributed by atoms with Gasteiger partial charge in [0.2, 0.25) is 0 Å². The number of nitrogens with zero attached hydrogens (tertiary/aromatic N) is 2. The van der Waals surface area contributed by atoms with Crippen LogP contribution in [0, 0.1) is 0 Å². The maximum absolute atomic E-state index is 12.2. The molecular formula is C19H23N3O2. The molecule has 5 nitrogen and oxygen atoms in total. The van der Waals surface area contributed by atoms with E-state index in [0.717, 1.165) is 25.3 Å². The molecule has 0 radical (unpaired) electrons. The van der Waals surface area contributed by atoms with E-state index < -0.39 is 5.54 Å². The Hall–Kier alpha value is -2.40. The summed E-state index contributed by atoms with van der Waals surface area (Å²) in [5, 5.41) is 12.0. The van der Waals surface area contributed by atoms with Gasteiger partial charge in [-0.3, -0.25) is 4.79 Å². The number of anilines is 1. The monoisotopic (exact) mass is 325 g/mol. The lowest BCUT2D eigenvalue weighted by Crippen LogP contribution is -2.46. The van der Waals surface area contributed by atoms with Crippen molar-refractivity contribution < 1.29 is 9.90 Å². The third kappa shape index (κ3) is 3.57. The van der Waals surface area contributed by atoms with Gasteiger partial charge >= 0.3 is 0 Å². The van der Waals surface area contributed by atoms with Crippen LogP contribution in [0.1, 0.15) is 35.3 Å². The number of hydrogen-bond acceptors (Lipinski definition) is 4. The van der Waals surface area contributed by atoms with Crippen molar-refractivity contribution in [2.45, 2.75) is 32.4 Å². The molecule has 0 saturated heterocycles. The number of amides is 1. The Morgan fingerprint density at radius 3 is 2.67 bits per heavy atom. The Labute approximate surface area is 142 Å². The van der Waals surface area contributed by atoms with Crippen LogP contribution in [0.4, 0.5) is 5.82 Å². The molecule has 0 unspecified atom stereocenters. The standard InChI is InChI=1S/C19H23N3O2/c1-19(2,13-23)21-18(24)15-7-8-17(20-11-15)22-10-9-14-5-3-4-6-16(14)12-22/h3-8,11,23H,9-10,12-13H2,1-2H3,(H,21,24). The van der Waals surface area contributed by atoms with Gasteiger partial charge in [-0.25, -0.2) is 4.98 Å². The summed E-state index contributed by atoms with van der Waals surface area (Å²) >= 11 is 0. The summed E-state index contributed by atoms with van der Waals surface area (Å²) in [6.07, 6.45) is 2.60. The zero-order valence-corrected chi connectivity index (χ0v) is 14.1. The molecule has 24 heavy (non-hydrogen) atoms. The minimum atomic E-state index is -0.646. The molecular weight excluding hydrogens is 302 g/mol. The number of carbonyl (C=O) groups is 1. The van der Waals surface area contributed by atoms with E-state index in [9.17, 15) is 9.90 Å². The van der Waals surface area contributed by atoms with Crippen molar-refractivity contribution in [1.82, 2.24) is 10.3 Å². The number of hydrogen-bond donors (Lipinski definition) is 2. The van der Waals surface area contributed by atoms with Gasteiger partial charge in [0.25, 0.3) is 5.91 Å². The zero-order valence-electron chi connectivity index (χ0n) is 14.1. The molecule has 3 rings (SSSR count). The third-order valence-corrected chi connectivity index (χ3v) is 4.31. The Kier molecular flexibility index (Phi) is 4.53. The first kappa shape index (κ1) is 16.5. The van der Waals surface area contributed by atoms with Gasteiger partial charge in [-0.2, -0.15) is 0 Å². The van der Waals surface area contributed by atoms with Crippen LogP contribution in [0.3, 0.4) is 0 Å². The van der Waals surface area contributed by atoms with Crippen LogP contribution >= 0.6 is 0 Å². The summed E-state index contributed by atoms with van der Waals surface area (Å²) in [4.78, 5) is 18.9. The minimum absolute atomic E-state index is 0.114. The molecule has 0 bridgehead atoms. The summed E-state index contributed by atoms with van der Waals surface area (Å²) in [6, 6.07) is 12.1. The molecule has 0 atom stereocenters. The van der Waals surface area contributed by atoms with Crippen LogP contribution in [-0.4, -0.2) is 34.7 Å². The van der Waals surface area contributed by atoms with Gasteiger partial charge in [-0.15, -0.1) is 0 Å². The number of carbonyl (C=O) groups excluding carboxylic acids is 1. The largest absolute Gasteiger partial charge is 0.394 e. The number of benzene rings is 1. The average molecular weight is 325 g/mol. The van der Waals surface area contributed by atoms with Crippen molar-refractivity contribution in [3.8, 4) is 0 Å². The van der Waals surface area contributed by atoms with E-state index in [1.165, 1.54) is 11.1 Å². The smallest absolute Gasteiger partial charge is 0.253 e. The summed E-state index contributed by atoms with van der Waals surface area (Å²) in [7, 11) is 0. The van der Waals surface area contributed by atoms with Crippen LogP contribution in [0.15, 0.2) is 42.6 Å². The lowest BCUT2D eigenvalue weighted by Gasteiger charge is -2.30. The molecule has 1 aromatic carbocycles. The van der Waals surface area contributed by atoms with Crippen molar-refractivity contribution in [3.05, 3.63) is 59.3 Å². The summed E-state index contributed by atoms with van der Waals surface area (Å²) < 4.78 is 0. The number of aromatic nitrogens is 1. The van der Waals surface area contributed by atoms with Crippen LogP contribution in [0.25, 0.3) is 0 Å². The molecule has 1 aliphatic rings. The third-order valence-electron chi connectivity index (χ3n) is 4.31. The van der Waals surface area contributed by atoms with Gasteiger partial charge in [-0.1, -0.05) is 24.3 Å². The summed E-state index contributed by atoms with van der Waals surface area (Å²) in [5.74, 6) is 0.652. The number of pyridine rings is 1. The maximum atomic E-state index is 12.2. The molecule has 2 heterocycles. The predicted octanol–water partition coefficient (Wildman–Crippen LogP) is 2.15. The second kappa shape index (κ2) is 6.61. The highest BCUT2D eigenvalue weighted by Crippen LogP contribution is 2.23. The maximum Gasteiger partial charge on any atom is 0.253 e. The van der Waals surface area contributed by atoms with Gasteiger partial charge in [0.1, 0.15) is 5.82 Å². The van der Waals surface area contributed by atoms with Crippen molar-refractivity contribution >= 4 is 11.7 Å². The summed E-state index contributed by atoms with van der Waals surface area (Å²) in [5.41, 5.74) is 2.58. The molecule has 2 N–H and O–H groups in total. The number of aliphatic hydroxyl groups is 1. The molecule has 0 fully saturated rings. The van der Waals surface area contributed by atoms with Gasteiger partial charge in [-0.05, 0) is 43.5 Å². The minimum Gasteiger partial charge on any atom is -0.394 e. The Morgan fingerprint density at radius 1 is 1.25 bits per heavy atom. The van der Waals surface area contributed by atoms with Gasteiger partial charge in [0.15, 0.2) is 0 Å². The van der Waals surface area contributed by atoms with Crippen molar-refractivity contribution in [2.24, 2.45) is 0 Å². The van der Waals surface area contributed by atoms with Gasteiger partial charge in [0, 0.05) is 19.3 Å². The highest BCUT2D eigenvalue weighted by molar-refractivity contribution is 5.94. The van der Waals surface area contributed by atoms with E-state index in [-0.39, 0.29) is 12.5 Å². The van der Waals surface area contributed by atoms with E-state index in [4.69, 9.17) is 0 Å². The SMILES string of the molecule is CC(C)(CO)NC(=O)c1ccc(N2CCc3ccccc3C2)nc1. The van der Waals surface area contributed by atoms with E-state index in [2.05, 4.69) is 39.5 Å². The number of fused-ring (bicyclic) bond motifs is 1. The van der Waals surface area contributed by atoms with Crippen molar-refractivity contribution in [2.75, 3.05) is 18.1 Å². The fourth-order valence-corrected chi connectivity index (χ4v) is 2.82. The number of nitrogens with one attached hydrogen (secondary N) is 1.